The van der Waals surface area contributed by atoms with E-state index in [2.05, 4.69) is 30.2 Å². The van der Waals surface area contributed by atoms with Crippen LogP contribution in [0.1, 0.15) is 38.3 Å². The molecule has 0 aliphatic carbocycles. The van der Waals surface area contributed by atoms with Gasteiger partial charge in [0.1, 0.15) is 0 Å². The number of nitrogens with zero attached hydrogens (tertiary/aromatic N) is 2. The summed E-state index contributed by atoms with van der Waals surface area (Å²) in [5.74, 6) is 0. The highest BCUT2D eigenvalue weighted by Crippen LogP contribution is 2.12. The number of hydrogen-bond acceptors (Lipinski definition) is 3. The van der Waals surface area contributed by atoms with Crippen molar-refractivity contribution in [2.45, 2.75) is 38.8 Å². The molecular formula is C12H17N3. The van der Waals surface area contributed by atoms with Crippen molar-refractivity contribution in [1.29, 1.82) is 5.26 Å². The maximum Gasteiger partial charge on any atom is 0.0638 e. The third kappa shape index (κ3) is 3.69. The van der Waals surface area contributed by atoms with Gasteiger partial charge in [-0.05, 0) is 31.0 Å². The second kappa shape index (κ2) is 6.15. The van der Waals surface area contributed by atoms with Crippen molar-refractivity contribution in [3.63, 3.8) is 0 Å². The normalized spacial score (nSPS) is 14.2. The van der Waals surface area contributed by atoms with Crippen molar-refractivity contribution in [3.8, 4) is 6.07 Å². The molecular weight excluding hydrogens is 186 g/mol. The molecule has 1 N–H and O–H groups in total. The minimum Gasteiger partial charge on any atom is -0.306 e. The summed E-state index contributed by atoms with van der Waals surface area (Å²) in [7, 11) is 0. The number of nitriles is 1. The van der Waals surface area contributed by atoms with Gasteiger partial charge in [0.2, 0.25) is 0 Å². The lowest BCUT2D eigenvalue weighted by Crippen LogP contribution is -2.30. The minimum atomic E-state index is 0.270. The Balaban J connectivity index is 2.55. The van der Waals surface area contributed by atoms with Gasteiger partial charge in [0.05, 0.1) is 12.5 Å². The lowest BCUT2D eigenvalue weighted by atomic mass is 10.1. The molecule has 0 aliphatic rings. The second-order valence-corrected chi connectivity index (χ2v) is 3.64. The van der Waals surface area contributed by atoms with Crippen molar-refractivity contribution in [2.75, 3.05) is 0 Å². The van der Waals surface area contributed by atoms with Crippen LogP contribution in [0.25, 0.3) is 0 Å². The molecule has 1 aromatic rings. The van der Waals surface area contributed by atoms with Crippen LogP contribution >= 0.6 is 0 Å². The summed E-state index contributed by atoms with van der Waals surface area (Å²) < 4.78 is 0. The van der Waals surface area contributed by atoms with Crippen LogP contribution in [0.3, 0.4) is 0 Å². The predicted octanol–water partition coefficient (Wildman–Crippen LogP) is 2.42. The number of pyridine rings is 1. The van der Waals surface area contributed by atoms with E-state index in [1.54, 1.807) is 12.4 Å². The van der Waals surface area contributed by atoms with Gasteiger partial charge in [0.25, 0.3) is 0 Å². The van der Waals surface area contributed by atoms with Gasteiger partial charge < -0.3 is 5.32 Å². The summed E-state index contributed by atoms with van der Waals surface area (Å²) >= 11 is 0. The topological polar surface area (TPSA) is 48.7 Å². The quantitative estimate of drug-likeness (QED) is 0.799. The van der Waals surface area contributed by atoms with Crippen molar-refractivity contribution in [1.82, 2.24) is 10.3 Å². The first-order chi connectivity index (χ1) is 7.27. The Morgan fingerprint density at radius 3 is 2.67 bits per heavy atom. The third-order valence-corrected chi connectivity index (χ3v) is 2.52. The molecule has 3 heteroatoms. The standard InChI is InChI=1S/C12H17N3/c1-3-12(4-7-13)15-10(2)11-5-8-14-9-6-11/h5-6,8-10,12,15H,3-4H2,1-2H3. The van der Waals surface area contributed by atoms with E-state index in [1.807, 2.05) is 12.1 Å². The maximum atomic E-state index is 8.65. The highest BCUT2D eigenvalue weighted by atomic mass is 14.9. The third-order valence-electron chi connectivity index (χ3n) is 2.52. The first-order valence-electron chi connectivity index (χ1n) is 5.30. The fourth-order valence-electron chi connectivity index (χ4n) is 1.53. The van der Waals surface area contributed by atoms with E-state index in [9.17, 15) is 0 Å². The number of rotatable bonds is 5. The van der Waals surface area contributed by atoms with Crippen molar-refractivity contribution in [3.05, 3.63) is 30.1 Å². The number of hydrogen-bond donors (Lipinski definition) is 1. The largest absolute Gasteiger partial charge is 0.306 e. The van der Waals surface area contributed by atoms with Gasteiger partial charge in [-0.3, -0.25) is 4.98 Å². The molecule has 2 unspecified atom stereocenters. The van der Waals surface area contributed by atoms with Gasteiger partial charge >= 0.3 is 0 Å². The smallest absolute Gasteiger partial charge is 0.0638 e. The zero-order valence-electron chi connectivity index (χ0n) is 9.27. The zero-order chi connectivity index (χ0) is 11.1. The summed E-state index contributed by atoms with van der Waals surface area (Å²) in [6.45, 7) is 4.20. The molecule has 3 nitrogen and oxygen atoms in total. The van der Waals surface area contributed by atoms with Gasteiger partial charge in [0, 0.05) is 24.5 Å². The first kappa shape index (κ1) is 11.7. The summed E-state index contributed by atoms with van der Waals surface area (Å²) in [5.41, 5.74) is 1.21. The lowest BCUT2D eigenvalue weighted by molar-refractivity contribution is 0.448. The van der Waals surface area contributed by atoms with Crippen LogP contribution in [-0.4, -0.2) is 11.0 Å². The van der Waals surface area contributed by atoms with Gasteiger partial charge in [-0.25, -0.2) is 0 Å². The van der Waals surface area contributed by atoms with Crippen LogP contribution in [0, 0.1) is 11.3 Å². The number of aromatic nitrogens is 1. The molecule has 0 saturated carbocycles. The maximum absolute atomic E-state index is 8.65. The summed E-state index contributed by atoms with van der Waals surface area (Å²) in [5, 5.41) is 12.1. The summed E-state index contributed by atoms with van der Waals surface area (Å²) in [6, 6.07) is 6.74. The van der Waals surface area contributed by atoms with E-state index < -0.39 is 0 Å². The summed E-state index contributed by atoms with van der Waals surface area (Å²) in [4.78, 5) is 3.98. The monoisotopic (exact) mass is 203 g/mol. The molecule has 0 spiro atoms. The lowest BCUT2D eigenvalue weighted by Gasteiger charge is -2.20. The highest BCUT2D eigenvalue weighted by Gasteiger charge is 2.10. The highest BCUT2D eigenvalue weighted by molar-refractivity contribution is 5.14. The van der Waals surface area contributed by atoms with E-state index in [0.29, 0.717) is 6.42 Å². The molecule has 0 amide bonds. The average molecular weight is 203 g/mol. The average Bonchev–Trinajstić information content (AvgIpc) is 2.29. The van der Waals surface area contributed by atoms with Crippen LogP contribution in [0.4, 0.5) is 0 Å². The van der Waals surface area contributed by atoms with E-state index in [1.165, 1.54) is 5.56 Å². The summed E-state index contributed by atoms with van der Waals surface area (Å²) in [6.07, 6.45) is 5.12. The molecule has 15 heavy (non-hydrogen) atoms. The first-order valence-corrected chi connectivity index (χ1v) is 5.30. The Labute approximate surface area is 91.1 Å². The Hall–Kier alpha value is -1.40. The van der Waals surface area contributed by atoms with Gasteiger partial charge in [0.15, 0.2) is 0 Å². The van der Waals surface area contributed by atoms with Gasteiger partial charge in [-0.2, -0.15) is 5.26 Å². The molecule has 0 radical (unpaired) electrons. The Kier molecular flexibility index (Phi) is 4.79. The molecule has 0 bridgehead atoms. The van der Waals surface area contributed by atoms with E-state index >= 15 is 0 Å². The van der Waals surface area contributed by atoms with Crippen LogP contribution in [0.5, 0.6) is 0 Å². The molecule has 1 aromatic heterocycles. The molecule has 0 aromatic carbocycles. The zero-order valence-corrected chi connectivity index (χ0v) is 9.27. The fourth-order valence-corrected chi connectivity index (χ4v) is 1.53. The second-order valence-electron chi connectivity index (χ2n) is 3.64. The molecule has 0 saturated heterocycles. The predicted molar refractivity (Wildman–Crippen MR) is 60.1 cm³/mol. The Bertz CT molecular complexity index is 315. The van der Waals surface area contributed by atoms with Crippen LogP contribution in [0.2, 0.25) is 0 Å². The minimum absolute atomic E-state index is 0.270. The molecule has 0 fully saturated rings. The molecule has 2 atom stereocenters. The van der Waals surface area contributed by atoms with Crippen LogP contribution in [-0.2, 0) is 0 Å². The molecule has 0 aliphatic heterocycles. The van der Waals surface area contributed by atoms with Gasteiger partial charge in [-0.1, -0.05) is 6.92 Å². The van der Waals surface area contributed by atoms with Crippen molar-refractivity contribution in [2.24, 2.45) is 0 Å². The van der Waals surface area contributed by atoms with E-state index in [0.717, 1.165) is 6.42 Å². The Morgan fingerprint density at radius 2 is 2.13 bits per heavy atom. The number of nitrogens with one attached hydrogen (secondary N) is 1. The van der Waals surface area contributed by atoms with E-state index in [4.69, 9.17) is 5.26 Å². The van der Waals surface area contributed by atoms with Crippen molar-refractivity contribution >= 4 is 0 Å². The van der Waals surface area contributed by atoms with Crippen LogP contribution < -0.4 is 5.32 Å². The molecule has 80 valence electrons. The SMILES string of the molecule is CCC(CC#N)NC(C)c1ccncc1. The van der Waals surface area contributed by atoms with Crippen molar-refractivity contribution < 1.29 is 0 Å². The Morgan fingerprint density at radius 1 is 1.47 bits per heavy atom. The molecule has 1 heterocycles. The van der Waals surface area contributed by atoms with Gasteiger partial charge in [-0.15, -0.1) is 0 Å². The van der Waals surface area contributed by atoms with E-state index in [-0.39, 0.29) is 12.1 Å². The fraction of sp³-hybridized carbons (Fsp3) is 0.500. The van der Waals surface area contributed by atoms with Crippen LogP contribution in [0.15, 0.2) is 24.5 Å². The molecule has 1 rings (SSSR count).